The van der Waals surface area contributed by atoms with Crippen LogP contribution in [0.25, 0.3) is 0 Å². The van der Waals surface area contributed by atoms with Crippen LogP contribution in [0.1, 0.15) is 10.4 Å². The third-order valence-corrected chi connectivity index (χ3v) is 6.43. The van der Waals surface area contributed by atoms with E-state index in [1.54, 1.807) is 0 Å². The lowest BCUT2D eigenvalue weighted by molar-refractivity contribution is -0.0209. The Hall–Kier alpha value is -2.23. The van der Waals surface area contributed by atoms with Crippen LogP contribution in [0.4, 0.5) is 10.1 Å². The van der Waals surface area contributed by atoms with Gasteiger partial charge >= 0.3 is 0 Å². The van der Waals surface area contributed by atoms with Crippen LogP contribution in [0.5, 0.6) is 0 Å². The standard InChI is InChI=1S/C23H27ClFN3O4/c24-17-12-15(6-7-18(17)25)23(31)26-13-19-21(22(30)20(14-29)32-19)28-10-8-27(9-11-28)16-4-2-1-3-5-16/h1-7,12,19-22,29-30H,8-11,13-14H2,(H,26,31). The lowest BCUT2D eigenvalue weighted by Crippen LogP contribution is -2.57. The highest BCUT2D eigenvalue weighted by atomic mass is 35.5. The molecule has 4 unspecified atom stereocenters. The fourth-order valence-electron chi connectivity index (χ4n) is 4.45. The Morgan fingerprint density at radius 2 is 1.84 bits per heavy atom. The number of benzene rings is 2. The van der Waals surface area contributed by atoms with Crippen molar-refractivity contribution in [2.75, 3.05) is 44.2 Å². The van der Waals surface area contributed by atoms with Gasteiger partial charge in [0.25, 0.3) is 5.91 Å². The van der Waals surface area contributed by atoms with E-state index in [2.05, 4.69) is 27.2 Å². The van der Waals surface area contributed by atoms with Crippen LogP contribution < -0.4 is 10.2 Å². The van der Waals surface area contributed by atoms with Crippen molar-refractivity contribution in [3.05, 3.63) is 64.9 Å². The molecule has 0 aromatic heterocycles. The second kappa shape index (κ2) is 10.1. The number of hydrogen-bond acceptors (Lipinski definition) is 6. The first-order valence-corrected chi connectivity index (χ1v) is 11.1. The number of amides is 1. The first-order valence-electron chi connectivity index (χ1n) is 10.7. The van der Waals surface area contributed by atoms with E-state index < -0.39 is 30.0 Å². The van der Waals surface area contributed by atoms with Crippen molar-refractivity contribution in [1.29, 1.82) is 0 Å². The topological polar surface area (TPSA) is 85.3 Å². The number of aliphatic hydroxyl groups is 2. The van der Waals surface area contributed by atoms with E-state index in [0.717, 1.165) is 37.9 Å². The van der Waals surface area contributed by atoms with E-state index in [4.69, 9.17) is 16.3 Å². The molecule has 2 aliphatic rings. The van der Waals surface area contributed by atoms with Crippen molar-refractivity contribution in [1.82, 2.24) is 10.2 Å². The number of hydrogen-bond donors (Lipinski definition) is 3. The van der Waals surface area contributed by atoms with Crippen LogP contribution in [0, 0.1) is 5.82 Å². The summed E-state index contributed by atoms with van der Waals surface area (Å²) in [6.45, 7) is 2.87. The molecule has 2 aromatic rings. The van der Waals surface area contributed by atoms with Crippen molar-refractivity contribution in [3.8, 4) is 0 Å². The molecule has 2 fully saturated rings. The van der Waals surface area contributed by atoms with Crippen LogP contribution in [0.3, 0.4) is 0 Å². The zero-order chi connectivity index (χ0) is 22.7. The molecular weight excluding hydrogens is 437 g/mol. The van der Waals surface area contributed by atoms with Gasteiger partial charge in [-0.1, -0.05) is 29.8 Å². The number of carbonyl (C=O) groups is 1. The second-order valence-corrected chi connectivity index (χ2v) is 8.48. The van der Waals surface area contributed by atoms with Crippen LogP contribution in [0.15, 0.2) is 48.5 Å². The van der Waals surface area contributed by atoms with Gasteiger partial charge in [-0.3, -0.25) is 9.69 Å². The first-order chi connectivity index (χ1) is 15.5. The van der Waals surface area contributed by atoms with Gasteiger partial charge in [0.05, 0.1) is 23.8 Å². The van der Waals surface area contributed by atoms with Gasteiger partial charge in [0.15, 0.2) is 0 Å². The Morgan fingerprint density at radius 1 is 1.12 bits per heavy atom. The molecule has 172 valence electrons. The van der Waals surface area contributed by atoms with E-state index in [9.17, 15) is 19.4 Å². The van der Waals surface area contributed by atoms with E-state index in [1.165, 1.54) is 12.1 Å². The second-order valence-electron chi connectivity index (χ2n) is 8.07. The molecule has 32 heavy (non-hydrogen) atoms. The number of halogens is 2. The summed E-state index contributed by atoms with van der Waals surface area (Å²) in [6, 6.07) is 13.6. The number of carbonyl (C=O) groups excluding carboxylic acids is 1. The molecule has 2 aromatic carbocycles. The van der Waals surface area contributed by atoms with Crippen molar-refractivity contribution in [3.63, 3.8) is 0 Å². The summed E-state index contributed by atoms with van der Waals surface area (Å²) in [5.74, 6) is -1.00. The maximum atomic E-state index is 13.4. The molecule has 7 nitrogen and oxygen atoms in total. The van der Waals surface area contributed by atoms with Crippen molar-refractivity contribution in [2.45, 2.75) is 24.4 Å². The molecular formula is C23H27ClFN3O4. The van der Waals surface area contributed by atoms with Gasteiger partial charge in [0.2, 0.25) is 0 Å². The fraction of sp³-hybridized carbons (Fsp3) is 0.435. The molecule has 0 spiro atoms. The smallest absolute Gasteiger partial charge is 0.251 e. The molecule has 0 bridgehead atoms. The highest BCUT2D eigenvalue weighted by Crippen LogP contribution is 2.28. The zero-order valence-corrected chi connectivity index (χ0v) is 18.3. The van der Waals surface area contributed by atoms with Crippen molar-refractivity contribution >= 4 is 23.2 Å². The predicted molar refractivity (Wildman–Crippen MR) is 120 cm³/mol. The largest absolute Gasteiger partial charge is 0.394 e. The Bertz CT molecular complexity index is 927. The summed E-state index contributed by atoms with van der Waals surface area (Å²) in [7, 11) is 0. The van der Waals surface area contributed by atoms with Gasteiger partial charge < -0.3 is 25.2 Å². The van der Waals surface area contributed by atoms with Gasteiger partial charge in [-0.15, -0.1) is 0 Å². The normalized spacial score (nSPS) is 26.3. The van der Waals surface area contributed by atoms with Gasteiger partial charge in [-0.05, 0) is 30.3 Å². The van der Waals surface area contributed by atoms with Crippen LogP contribution in [-0.4, -0.2) is 84.7 Å². The summed E-state index contributed by atoms with van der Waals surface area (Å²) in [5.41, 5.74) is 1.40. The summed E-state index contributed by atoms with van der Waals surface area (Å²) in [5, 5.41) is 23.1. The third kappa shape index (κ3) is 4.89. The lowest BCUT2D eigenvalue weighted by atomic mass is 10.0. The van der Waals surface area contributed by atoms with E-state index in [-0.39, 0.29) is 29.8 Å². The summed E-state index contributed by atoms with van der Waals surface area (Å²) in [4.78, 5) is 16.9. The third-order valence-electron chi connectivity index (χ3n) is 6.14. The Labute approximate surface area is 191 Å². The van der Waals surface area contributed by atoms with E-state index in [0.29, 0.717) is 0 Å². The average molecular weight is 464 g/mol. The first kappa shape index (κ1) is 22.9. The Balaban J connectivity index is 1.39. The molecule has 0 radical (unpaired) electrons. The number of ether oxygens (including phenoxy) is 1. The quantitative estimate of drug-likeness (QED) is 0.602. The Kier molecular flexibility index (Phi) is 7.27. The van der Waals surface area contributed by atoms with Gasteiger partial charge in [0, 0.05) is 44.0 Å². The number of para-hydroxylation sites is 1. The molecule has 3 N–H and O–H groups in total. The number of anilines is 1. The number of nitrogens with zero attached hydrogens (tertiary/aromatic N) is 2. The monoisotopic (exact) mass is 463 g/mol. The maximum Gasteiger partial charge on any atom is 0.251 e. The molecule has 4 rings (SSSR count). The molecule has 1 amide bonds. The maximum absolute atomic E-state index is 13.4. The number of aliphatic hydroxyl groups excluding tert-OH is 2. The minimum absolute atomic E-state index is 0.125. The SMILES string of the molecule is O=C(NCC1OC(CO)C(O)C1N1CCN(c2ccccc2)CC1)c1ccc(F)c(Cl)c1. The van der Waals surface area contributed by atoms with Gasteiger partial charge in [-0.25, -0.2) is 4.39 Å². The molecule has 2 saturated heterocycles. The highest BCUT2D eigenvalue weighted by molar-refractivity contribution is 6.31. The molecule has 9 heteroatoms. The van der Waals surface area contributed by atoms with Gasteiger partial charge in [-0.2, -0.15) is 0 Å². The molecule has 0 aliphatic carbocycles. The summed E-state index contributed by atoms with van der Waals surface area (Å²) < 4.78 is 19.2. The molecule has 2 heterocycles. The van der Waals surface area contributed by atoms with Crippen LogP contribution in [-0.2, 0) is 4.74 Å². The zero-order valence-electron chi connectivity index (χ0n) is 17.5. The highest BCUT2D eigenvalue weighted by Gasteiger charge is 2.46. The summed E-state index contributed by atoms with van der Waals surface area (Å²) in [6.07, 6.45) is -2.08. The van der Waals surface area contributed by atoms with Crippen LogP contribution in [0.2, 0.25) is 5.02 Å². The van der Waals surface area contributed by atoms with E-state index >= 15 is 0 Å². The van der Waals surface area contributed by atoms with E-state index in [1.807, 2.05) is 18.2 Å². The molecule has 4 atom stereocenters. The number of rotatable bonds is 6. The van der Waals surface area contributed by atoms with Crippen molar-refractivity contribution in [2.24, 2.45) is 0 Å². The number of piperazine rings is 1. The number of nitrogens with one attached hydrogen (secondary N) is 1. The fourth-order valence-corrected chi connectivity index (χ4v) is 4.63. The average Bonchev–Trinajstić information content (AvgIpc) is 3.15. The predicted octanol–water partition coefficient (Wildman–Crippen LogP) is 1.52. The van der Waals surface area contributed by atoms with Crippen LogP contribution >= 0.6 is 11.6 Å². The lowest BCUT2D eigenvalue weighted by Gasteiger charge is -2.41. The minimum atomic E-state index is -0.870. The molecule has 0 saturated carbocycles. The van der Waals surface area contributed by atoms with Crippen molar-refractivity contribution < 1.29 is 24.1 Å². The van der Waals surface area contributed by atoms with Gasteiger partial charge in [0.1, 0.15) is 18.0 Å². The summed E-state index contributed by atoms with van der Waals surface area (Å²) >= 11 is 5.77. The molecule has 2 aliphatic heterocycles. The Morgan fingerprint density at radius 3 is 2.50 bits per heavy atom. The minimum Gasteiger partial charge on any atom is -0.394 e.